The lowest BCUT2D eigenvalue weighted by molar-refractivity contribution is 0.101. The van der Waals surface area contributed by atoms with Gasteiger partial charge in [0.05, 0.1) is 11.0 Å². The number of anilines is 2. The highest BCUT2D eigenvalue weighted by atomic mass is 16.1. The van der Waals surface area contributed by atoms with Gasteiger partial charge in [-0.2, -0.15) is 0 Å². The zero-order valence-corrected chi connectivity index (χ0v) is 16.0. The predicted molar refractivity (Wildman–Crippen MR) is 111 cm³/mol. The zero-order chi connectivity index (χ0) is 19.7. The number of hydrogen-bond acceptors (Lipinski definition) is 5. The molecule has 0 bridgehead atoms. The molecule has 28 heavy (non-hydrogen) atoms. The number of Topliss-reactive ketones (excluding diaryl/α,β-unsaturated/α-hetero) is 1. The van der Waals surface area contributed by atoms with Crippen LogP contribution in [0.2, 0.25) is 0 Å². The molecule has 0 saturated carbocycles. The predicted octanol–water partition coefficient (Wildman–Crippen LogP) is 5.02. The maximum absolute atomic E-state index is 11.5. The van der Waals surface area contributed by atoms with Crippen LogP contribution >= 0.6 is 0 Å². The molecule has 0 amide bonds. The van der Waals surface area contributed by atoms with E-state index in [0.29, 0.717) is 5.56 Å². The number of rotatable bonds is 5. The van der Waals surface area contributed by atoms with Crippen LogP contribution in [0.25, 0.3) is 22.2 Å². The van der Waals surface area contributed by atoms with E-state index in [-0.39, 0.29) is 11.8 Å². The van der Waals surface area contributed by atoms with Gasteiger partial charge in [-0.05, 0) is 62.7 Å². The van der Waals surface area contributed by atoms with Crippen LogP contribution in [0, 0.1) is 0 Å². The largest absolute Gasteiger partial charge is 0.326 e. The third-order valence-electron chi connectivity index (χ3n) is 4.65. The Balaban J connectivity index is 1.74. The van der Waals surface area contributed by atoms with Gasteiger partial charge in [0, 0.05) is 35.2 Å². The van der Waals surface area contributed by atoms with Crippen LogP contribution in [0.5, 0.6) is 0 Å². The second-order valence-corrected chi connectivity index (χ2v) is 6.99. The lowest BCUT2D eigenvalue weighted by Crippen LogP contribution is -2.06. The number of nitrogens with zero attached hydrogens (tertiary/aromatic N) is 4. The minimum Gasteiger partial charge on any atom is -0.326 e. The quantitative estimate of drug-likeness (QED) is 0.499. The summed E-state index contributed by atoms with van der Waals surface area (Å²) in [5.74, 6) is 0.820. The van der Waals surface area contributed by atoms with Crippen molar-refractivity contribution in [2.24, 2.45) is 0 Å². The Labute approximate surface area is 163 Å². The van der Waals surface area contributed by atoms with Gasteiger partial charge in [-0.3, -0.25) is 4.79 Å². The molecule has 6 nitrogen and oxygen atoms in total. The zero-order valence-electron chi connectivity index (χ0n) is 16.0. The number of fused-ring (bicyclic) bond motifs is 1. The van der Waals surface area contributed by atoms with Gasteiger partial charge in [0.15, 0.2) is 5.78 Å². The first-order valence-electron chi connectivity index (χ1n) is 9.18. The Morgan fingerprint density at radius 2 is 1.71 bits per heavy atom. The average molecular weight is 371 g/mol. The first-order valence-corrected chi connectivity index (χ1v) is 9.18. The summed E-state index contributed by atoms with van der Waals surface area (Å²) in [5, 5.41) is 3.38. The van der Waals surface area contributed by atoms with E-state index < -0.39 is 0 Å². The maximum atomic E-state index is 11.5. The number of hydrogen-bond donors (Lipinski definition) is 1. The summed E-state index contributed by atoms with van der Waals surface area (Å²) in [4.78, 5) is 24.5. The van der Waals surface area contributed by atoms with E-state index in [0.717, 1.165) is 33.8 Å². The third-order valence-corrected chi connectivity index (χ3v) is 4.65. The normalized spacial score (nSPS) is 11.1. The van der Waals surface area contributed by atoms with Crippen molar-refractivity contribution in [3.05, 3.63) is 66.7 Å². The lowest BCUT2D eigenvalue weighted by atomic mass is 10.1. The summed E-state index contributed by atoms with van der Waals surface area (Å²) < 4.78 is 2.17. The molecule has 0 aliphatic carbocycles. The van der Waals surface area contributed by atoms with E-state index in [9.17, 15) is 4.79 Å². The van der Waals surface area contributed by atoms with Crippen molar-refractivity contribution in [2.45, 2.75) is 26.8 Å². The van der Waals surface area contributed by atoms with Crippen molar-refractivity contribution in [3.8, 4) is 11.1 Å². The smallest absolute Gasteiger partial charge is 0.208 e. The molecule has 2 heterocycles. The molecule has 0 atom stereocenters. The van der Waals surface area contributed by atoms with Crippen LogP contribution in [-0.2, 0) is 0 Å². The Morgan fingerprint density at radius 3 is 2.36 bits per heavy atom. The topological polar surface area (TPSA) is 72.7 Å². The van der Waals surface area contributed by atoms with Gasteiger partial charge in [-0.1, -0.05) is 6.07 Å². The first-order chi connectivity index (χ1) is 13.5. The number of nitrogens with one attached hydrogen (secondary N) is 1. The molecule has 0 unspecified atom stereocenters. The van der Waals surface area contributed by atoms with Crippen molar-refractivity contribution in [2.75, 3.05) is 5.32 Å². The lowest BCUT2D eigenvalue weighted by Gasteiger charge is -2.14. The van der Waals surface area contributed by atoms with Crippen molar-refractivity contribution >= 4 is 28.5 Å². The number of ketones is 1. The molecule has 0 fully saturated rings. The molecule has 2 aromatic heterocycles. The first kappa shape index (κ1) is 17.9. The van der Waals surface area contributed by atoms with Gasteiger partial charge >= 0.3 is 0 Å². The van der Waals surface area contributed by atoms with E-state index in [2.05, 4.69) is 51.9 Å². The number of carbonyl (C=O) groups excluding carboxylic acids is 1. The highest BCUT2D eigenvalue weighted by Crippen LogP contribution is 2.30. The third kappa shape index (κ3) is 3.36. The van der Waals surface area contributed by atoms with Crippen LogP contribution in [0.3, 0.4) is 0 Å². The molecule has 4 rings (SSSR count). The van der Waals surface area contributed by atoms with Crippen LogP contribution in [0.4, 0.5) is 11.6 Å². The van der Waals surface area contributed by atoms with E-state index >= 15 is 0 Å². The van der Waals surface area contributed by atoms with Gasteiger partial charge in [0.2, 0.25) is 5.95 Å². The van der Waals surface area contributed by atoms with Crippen molar-refractivity contribution in [1.29, 1.82) is 0 Å². The van der Waals surface area contributed by atoms with Gasteiger partial charge in [-0.15, -0.1) is 0 Å². The highest BCUT2D eigenvalue weighted by molar-refractivity contribution is 5.94. The summed E-state index contributed by atoms with van der Waals surface area (Å²) in [5.41, 5.74) is 5.52. The monoisotopic (exact) mass is 371 g/mol. The van der Waals surface area contributed by atoms with Crippen LogP contribution in [0.1, 0.15) is 37.2 Å². The number of imidazole rings is 1. The summed E-state index contributed by atoms with van der Waals surface area (Å²) in [6, 6.07) is 13.9. The molecule has 0 aliphatic heterocycles. The fourth-order valence-electron chi connectivity index (χ4n) is 3.25. The van der Waals surface area contributed by atoms with E-state index in [1.165, 1.54) is 6.33 Å². The van der Waals surface area contributed by atoms with Crippen molar-refractivity contribution in [3.63, 3.8) is 0 Å². The molecule has 4 aromatic rings. The Hall–Kier alpha value is -3.54. The molecule has 6 heteroatoms. The molecule has 2 aromatic carbocycles. The number of benzene rings is 2. The molecular weight excluding hydrogens is 350 g/mol. The van der Waals surface area contributed by atoms with E-state index in [4.69, 9.17) is 4.98 Å². The molecule has 0 aliphatic rings. The summed E-state index contributed by atoms with van der Waals surface area (Å²) >= 11 is 0. The summed E-state index contributed by atoms with van der Waals surface area (Å²) in [6.07, 6.45) is 5.11. The fraction of sp³-hybridized carbons (Fsp3) is 0.182. The maximum Gasteiger partial charge on any atom is 0.208 e. The van der Waals surface area contributed by atoms with Gasteiger partial charge in [0.1, 0.15) is 6.33 Å². The van der Waals surface area contributed by atoms with Gasteiger partial charge in [-0.25, -0.2) is 15.0 Å². The average Bonchev–Trinajstić information content (AvgIpc) is 3.06. The molecular formula is C22H21N5O. The van der Waals surface area contributed by atoms with E-state index in [1.807, 2.05) is 24.3 Å². The van der Waals surface area contributed by atoms with Crippen molar-refractivity contribution in [1.82, 2.24) is 19.5 Å². The second-order valence-electron chi connectivity index (χ2n) is 6.99. The molecule has 0 spiro atoms. The number of aromatic nitrogens is 4. The van der Waals surface area contributed by atoms with Gasteiger partial charge in [0.25, 0.3) is 0 Å². The molecule has 1 N–H and O–H groups in total. The van der Waals surface area contributed by atoms with Crippen LogP contribution in [0.15, 0.2) is 61.2 Å². The van der Waals surface area contributed by atoms with E-state index in [1.54, 1.807) is 19.3 Å². The number of carbonyl (C=O) groups is 1. The summed E-state index contributed by atoms with van der Waals surface area (Å²) in [7, 11) is 0. The molecule has 0 radical (unpaired) electrons. The Bertz CT molecular complexity index is 1130. The summed E-state index contributed by atoms with van der Waals surface area (Å²) in [6.45, 7) is 5.82. The standard InChI is InChI=1S/C22H21N5O/c1-14(2)27-21-9-6-17(18-11-23-13-24-12-18)10-20(21)26-22(27)25-19-7-4-16(5-8-19)15(3)28/h4-14H,1-3H3,(H,25,26). The minimum atomic E-state index is 0.0541. The second kappa shape index (κ2) is 7.23. The van der Waals surface area contributed by atoms with Crippen LogP contribution < -0.4 is 5.32 Å². The Kier molecular flexibility index (Phi) is 4.61. The van der Waals surface area contributed by atoms with Crippen molar-refractivity contribution < 1.29 is 4.79 Å². The minimum absolute atomic E-state index is 0.0541. The highest BCUT2D eigenvalue weighted by Gasteiger charge is 2.14. The molecule has 0 saturated heterocycles. The molecule has 140 valence electrons. The van der Waals surface area contributed by atoms with Crippen LogP contribution in [-0.4, -0.2) is 25.3 Å². The fourth-order valence-corrected chi connectivity index (χ4v) is 3.25. The van der Waals surface area contributed by atoms with Gasteiger partial charge < -0.3 is 9.88 Å². The Morgan fingerprint density at radius 1 is 1.00 bits per heavy atom. The SMILES string of the molecule is CC(=O)c1ccc(Nc2nc3cc(-c4cncnc4)ccc3n2C(C)C)cc1.